The summed E-state index contributed by atoms with van der Waals surface area (Å²) in [6.07, 6.45) is 0. The molecule has 4 nitrogen and oxygen atoms in total. The molecule has 0 aromatic carbocycles. The van der Waals surface area contributed by atoms with Crippen LogP contribution in [0.5, 0.6) is 0 Å². The Balaban J connectivity index is 3.68. The molecular formula is C5H13N3OS. The molecule has 0 aliphatic carbocycles. The number of hydrazine groups is 1. The second-order valence-corrected chi connectivity index (χ2v) is 2.14. The number of likely N-dealkylation sites (N-methyl/N-ethyl adjacent to an activating group) is 1. The molecule has 0 heterocycles. The fourth-order valence-electron chi connectivity index (χ4n) is 0.615. The third-order valence-corrected chi connectivity index (χ3v) is 1.54. The van der Waals surface area contributed by atoms with Gasteiger partial charge in [-0.25, -0.2) is 5.84 Å². The molecule has 0 rings (SSSR count). The van der Waals surface area contributed by atoms with Crippen molar-refractivity contribution in [3.05, 3.63) is 0 Å². The van der Waals surface area contributed by atoms with E-state index < -0.39 is 0 Å². The summed E-state index contributed by atoms with van der Waals surface area (Å²) in [6.45, 7) is 3.32. The molecule has 4 N–H and O–H groups in total. The SMILES string of the molecule is CCN(CCO)C(=S)NN. The lowest BCUT2D eigenvalue weighted by atomic mass is 10.5. The number of nitrogens with zero attached hydrogens (tertiary/aromatic N) is 1. The quantitative estimate of drug-likeness (QED) is 0.284. The minimum absolute atomic E-state index is 0.0929. The van der Waals surface area contributed by atoms with Crippen LogP contribution in [0.1, 0.15) is 6.92 Å². The molecule has 0 aromatic heterocycles. The lowest BCUT2D eigenvalue weighted by Gasteiger charge is -2.21. The summed E-state index contributed by atoms with van der Waals surface area (Å²) in [5.41, 5.74) is 2.35. The van der Waals surface area contributed by atoms with E-state index in [0.29, 0.717) is 11.7 Å². The van der Waals surface area contributed by atoms with Gasteiger partial charge in [0.05, 0.1) is 6.61 Å². The highest BCUT2D eigenvalue weighted by molar-refractivity contribution is 7.80. The summed E-state index contributed by atoms with van der Waals surface area (Å²) in [5.74, 6) is 5.06. The molecule has 0 amide bonds. The van der Waals surface area contributed by atoms with E-state index in [4.69, 9.17) is 23.2 Å². The van der Waals surface area contributed by atoms with E-state index in [1.54, 1.807) is 4.90 Å². The van der Waals surface area contributed by atoms with Crippen LogP contribution in [0, 0.1) is 0 Å². The van der Waals surface area contributed by atoms with Crippen molar-refractivity contribution >= 4 is 17.3 Å². The van der Waals surface area contributed by atoms with Gasteiger partial charge >= 0.3 is 0 Å². The molecule has 5 heteroatoms. The second kappa shape index (κ2) is 5.40. The van der Waals surface area contributed by atoms with Crippen molar-refractivity contribution in [1.82, 2.24) is 10.3 Å². The first-order chi connectivity index (χ1) is 4.76. The fraction of sp³-hybridized carbons (Fsp3) is 0.800. The number of aliphatic hydroxyl groups is 1. The first-order valence-electron chi connectivity index (χ1n) is 3.12. The lowest BCUT2D eigenvalue weighted by molar-refractivity contribution is 0.252. The molecular weight excluding hydrogens is 150 g/mol. The Morgan fingerprint density at radius 1 is 1.80 bits per heavy atom. The summed E-state index contributed by atoms with van der Waals surface area (Å²) in [4.78, 5) is 1.77. The summed E-state index contributed by atoms with van der Waals surface area (Å²) in [6, 6.07) is 0. The zero-order valence-electron chi connectivity index (χ0n) is 6.00. The van der Waals surface area contributed by atoms with Crippen LogP contribution in [0.3, 0.4) is 0 Å². The van der Waals surface area contributed by atoms with Gasteiger partial charge in [-0.05, 0) is 19.1 Å². The van der Waals surface area contributed by atoms with E-state index in [0.717, 1.165) is 6.54 Å². The molecule has 0 radical (unpaired) electrons. The van der Waals surface area contributed by atoms with Crippen molar-refractivity contribution in [3.8, 4) is 0 Å². The molecule has 0 saturated heterocycles. The molecule has 0 atom stereocenters. The zero-order valence-corrected chi connectivity index (χ0v) is 6.82. The predicted molar refractivity (Wildman–Crippen MR) is 44.3 cm³/mol. The van der Waals surface area contributed by atoms with E-state index >= 15 is 0 Å². The van der Waals surface area contributed by atoms with E-state index in [9.17, 15) is 0 Å². The Morgan fingerprint density at radius 2 is 2.40 bits per heavy atom. The maximum Gasteiger partial charge on any atom is 0.183 e. The predicted octanol–water partition coefficient (Wildman–Crippen LogP) is -0.951. The highest BCUT2D eigenvalue weighted by Crippen LogP contribution is 1.86. The average molecular weight is 163 g/mol. The minimum atomic E-state index is 0.0929. The van der Waals surface area contributed by atoms with Gasteiger partial charge in [0.15, 0.2) is 5.11 Å². The van der Waals surface area contributed by atoms with E-state index in [1.165, 1.54) is 0 Å². The van der Waals surface area contributed by atoms with E-state index in [2.05, 4.69) is 5.43 Å². The van der Waals surface area contributed by atoms with Crippen LogP contribution >= 0.6 is 12.2 Å². The zero-order chi connectivity index (χ0) is 7.98. The van der Waals surface area contributed by atoms with Gasteiger partial charge in [0.1, 0.15) is 0 Å². The fourth-order valence-corrected chi connectivity index (χ4v) is 0.836. The maximum absolute atomic E-state index is 8.54. The number of nitrogens with two attached hydrogens (primary N) is 1. The molecule has 0 fully saturated rings. The van der Waals surface area contributed by atoms with Gasteiger partial charge in [0, 0.05) is 13.1 Å². The summed E-state index contributed by atoms with van der Waals surface area (Å²) >= 11 is 4.82. The lowest BCUT2D eigenvalue weighted by Crippen LogP contribution is -2.44. The normalized spacial score (nSPS) is 9.10. The van der Waals surface area contributed by atoms with E-state index in [-0.39, 0.29) is 6.61 Å². The molecule has 0 unspecified atom stereocenters. The topological polar surface area (TPSA) is 61.5 Å². The molecule has 0 saturated carbocycles. The van der Waals surface area contributed by atoms with Gasteiger partial charge in [-0.3, -0.25) is 0 Å². The highest BCUT2D eigenvalue weighted by atomic mass is 32.1. The first kappa shape index (κ1) is 9.61. The summed E-state index contributed by atoms with van der Waals surface area (Å²) < 4.78 is 0. The second-order valence-electron chi connectivity index (χ2n) is 1.75. The van der Waals surface area contributed by atoms with Crippen molar-refractivity contribution in [3.63, 3.8) is 0 Å². The largest absolute Gasteiger partial charge is 0.395 e. The van der Waals surface area contributed by atoms with Crippen molar-refractivity contribution in [1.29, 1.82) is 0 Å². The summed E-state index contributed by atoms with van der Waals surface area (Å²) in [7, 11) is 0. The van der Waals surface area contributed by atoms with Gasteiger partial charge in [-0.2, -0.15) is 0 Å². The molecule has 60 valence electrons. The van der Waals surface area contributed by atoms with Gasteiger partial charge in [0.25, 0.3) is 0 Å². The Kier molecular flexibility index (Phi) is 5.19. The van der Waals surface area contributed by atoms with Crippen LogP contribution in [0.2, 0.25) is 0 Å². The number of rotatable bonds is 3. The Morgan fingerprint density at radius 3 is 2.70 bits per heavy atom. The van der Waals surface area contributed by atoms with E-state index in [1.807, 2.05) is 6.92 Å². The van der Waals surface area contributed by atoms with Crippen LogP contribution in [-0.4, -0.2) is 34.8 Å². The van der Waals surface area contributed by atoms with Crippen LogP contribution in [-0.2, 0) is 0 Å². The number of hydrogen-bond acceptors (Lipinski definition) is 3. The van der Waals surface area contributed by atoms with Crippen molar-refractivity contribution in [2.75, 3.05) is 19.7 Å². The molecule has 0 aliphatic rings. The standard InChI is InChI=1S/C5H13N3OS/c1-2-8(3-4-9)5(10)7-6/h9H,2-4,6H2,1H3,(H,7,10). The number of nitrogens with one attached hydrogen (secondary N) is 1. The summed E-state index contributed by atoms with van der Waals surface area (Å²) in [5, 5.41) is 9.01. The molecule has 0 aliphatic heterocycles. The van der Waals surface area contributed by atoms with Crippen LogP contribution < -0.4 is 11.3 Å². The Bertz CT molecular complexity index is 109. The van der Waals surface area contributed by atoms with Crippen LogP contribution in [0.25, 0.3) is 0 Å². The van der Waals surface area contributed by atoms with Crippen molar-refractivity contribution in [2.45, 2.75) is 6.92 Å². The van der Waals surface area contributed by atoms with Gasteiger partial charge in [0.2, 0.25) is 0 Å². The molecule has 10 heavy (non-hydrogen) atoms. The smallest absolute Gasteiger partial charge is 0.183 e. The monoisotopic (exact) mass is 163 g/mol. The number of thiocarbonyl (C=S) groups is 1. The van der Waals surface area contributed by atoms with Crippen molar-refractivity contribution in [2.24, 2.45) is 5.84 Å². The van der Waals surface area contributed by atoms with Gasteiger partial charge in [-0.15, -0.1) is 0 Å². The minimum Gasteiger partial charge on any atom is -0.395 e. The first-order valence-corrected chi connectivity index (χ1v) is 3.53. The third-order valence-electron chi connectivity index (χ3n) is 1.16. The van der Waals surface area contributed by atoms with Gasteiger partial charge < -0.3 is 15.4 Å². The maximum atomic E-state index is 8.54. The Labute approximate surface area is 66.0 Å². The Hall–Kier alpha value is -0.390. The highest BCUT2D eigenvalue weighted by Gasteiger charge is 2.02. The molecule has 0 spiro atoms. The number of hydrogen-bond donors (Lipinski definition) is 3. The van der Waals surface area contributed by atoms with Crippen LogP contribution in [0.4, 0.5) is 0 Å². The molecule has 0 aromatic rings. The van der Waals surface area contributed by atoms with Crippen molar-refractivity contribution < 1.29 is 5.11 Å². The van der Waals surface area contributed by atoms with Crippen LogP contribution in [0.15, 0.2) is 0 Å². The average Bonchev–Trinajstić information content (AvgIpc) is 1.99. The number of aliphatic hydroxyl groups excluding tert-OH is 1. The van der Waals surface area contributed by atoms with Gasteiger partial charge in [-0.1, -0.05) is 0 Å². The third kappa shape index (κ3) is 2.95. The molecule has 0 bridgehead atoms.